The quantitative estimate of drug-likeness (QED) is 0.858. The summed E-state index contributed by atoms with van der Waals surface area (Å²) in [6.45, 7) is 3.15. The molecule has 2 nitrogen and oxygen atoms in total. The Morgan fingerprint density at radius 1 is 1.44 bits per heavy atom. The van der Waals surface area contributed by atoms with Gasteiger partial charge in [-0.25, -0.2) is 8.78 Å². The van der Waals surface area contributed by atoms with Crippen LogP contribution in [-0.2, 0) is 11.2 Å². The zero-order chi connectivity index (χ0) is 12.3. The van der Waals surface area contributed by atoms with Crippen LogP contribution in [-0.4, -0.2) is 11.1 Å². The zero-order valence-corrected chi connectivity index (χ0v) is 9.21. The van der Waals surface area contributed by atoms with E-state index in [0.29, 0.717) is 5.56 Å². The van der Waals surface area contributed by atoms with Gasteiger partial charge in [0.05, 0.1) is 5.41 Å². The normalized spacial score (nSPS) is 11.8. The number of aliphatic carboxylic acids is 1. The molecule has 88 valence electrons. The van der Waals surface area contributed by atoms with Crippen LogP contribution in [0.4, 0.5) is 8.78 Å². The lowest BCUT2D eigenvalue weighted by atomic mass is 9.85. The predicted octanol–water partition coefficient (Wildman–Crippen LogP) is 3.28. The Bertz CT molecular complexity index is 386. The first-order valence-electron chi connectivity index (χ1n) is 4.93. The Hall–Kier alpha value is -1.45. The molecule has 0 aliphatic carbocycles. The van der Waals surface area contributed by atoms with Crippen LogP contribution in [0.15, 0.2) is 24.3 Å². The summed E-state index contributed by atoms with van der Waals surface area (Å²) >= 11 is 0. The molecule has 0 aliphatic rings. The zero-order valence-electron chi connectivity index (χ0n) is 9.21. The topological polar surface area (TPSA) is 37.3 Å². The molecule has 0 fully saturated rings. The second-order valence-electron chi connectivity index (χ2n) is 4.41. The van der Waals surface area contributed by atoms with Crippen LogP contribution in [0.3, 0.4) is 0 Å². The summed E-state index contributed by atoms with van der Waals surface area (Å²) < 4.78 is 24.8. The maximum Gasteiger partial charge on any atom is 0.309 e. The van der Waals surface area contributed by atoms with E-state index >= 15 is 0 Å². The number of rotatable bonds is 4. The molecule has 4 heteroatoms. The number of hydrogen-bond donors (Lipinski definition) is 1. The first-order valence-corrected chi connectivity index (χ1v) is 4.93. The van der Waals surface area contributed by atoms with Crippen molar-refractivity contribution in [1.82, 2.24) is 0 Å². The van der Waals surface area contributed by atoms with Crippen LogP contribution in [0.2, 0.25) is 0 Å². The fourth-order valence-electron chi connectivity index (χ4n) is 1.42. The molecule has 0 unspecified atom stereocenters. The number of carboxylic acids is 1. The number of hydrogen-bond acceptors (Lipinski definition) is 1. The minimum absolute atomic E-state index is 0.0707. The molecule has 0 saturated carbocycles. The summed E-state index contributed by atoms with van der Waals surface area (Å²) in [6, 6.07) is 5.88. The molecule has 1 rings (SSSR count). The van der Waals surface area contributed by atoms with Crippen molar-refractivity contribution in [2.24, 2.45) is 5.41 Å². The van der Waals surface area contributed by atoms with Gasteiger partial charge < -0.3 is 5.11 Å². The third kappa shape index (κ3) is 3.02. The second-order valence-corrected chi connectivity index (χ2v) is 4.41. The van der Waals surface area contributed by atoms with E-state index < -0.39 is 17.8 Å². The van der Waals surface area contributed by atoms with Gasteiger partial charge in [0.15, 0.2) is 0 Å². The molecule has 0 bridgehead atoms. The van der Waals surface area contributed by atoms with Gasteiger partial charge in [0.25, 0.3) is 6.43 Å². The molecular formula is C12H14F2O2. The van der Waals surface area contributed by atoms with E-state index in [9.17, 15) is 13.6 Å². The third-order valence-corrected chi connectivity index (χ3v) is 2.43. The van der Waals surface area contributed by atoms with Crippen molar-refractivity contribution in [2.75, 3.05) is 0 Å². The monoisotopic (exact) mass is 228 g/mol. The van der Waals surface area contributed by atoms with E-state index in [1.807, 2.05) is 0 Å². The van der Waals surface area contributed by atoms with Crippen LogP contribution in [0, 0.1) is 5.41 Å². The molecule has 16 heavy (non-hydrogen) atoms. The number of alkyl halides is 2. The minimum Gasteiger partial charge on any atom is -0.481 e. The van der Waals surface area contributed by atoms with E-state index in [2.05, 4.69) is 0 Å². The number of benzene rings is 1. The first-order chi connectivity index (χ1) is 7.33. The van der Waals surface area contributed by atoms with Crippen molar-refractivity contribution in [2.45, 2.75) is 26.7 Å². The molecule has 0 aliphatic heterocycles. The summed E-state index contributed by atoms with van der Waals surface area (Å²) in [7, 11) is 0. The van der Waals surface area contributed by atoms with E-state index in [4.69, 9.17) is 5.11 Å². The summed E-state index contributed by atoms with van der Waals surface area (Å²) in [4.78, 5) is 10.9. The maximum absolute atomic E-state index is 12.4. The van der Waals surface area contributed by atoms with Gasteiger partial charge in [-0.2, -0.15) is 0 Å². The van der Waals surface area contributed by atoms with Gasteiger partial charge >= 0.3 is 5.97 Å². The molecule has 0 heterocycles. The van der Waals surface area contributed by atoms with E-state index in [1.165, 1.54) is 18.2 Å². The van der Waals surface area contributed by atoms with Crippen LogP contribution >= 0.6 is 0 Å². The van der Waals surface area contributed by atoms with Gasteiger partial charge in [-0.05, 0) is 25.8 Å². The standard InChI is InChI=1S/C12H14F2O2/c1-12(2,11(15)16)7-8-4-3-5-9(6-8)10(13)14/h3-6,10H,7H2,1-2H3,(H,15,16). The average molecular weight is 228 g/mol. The molecule has 0 aromatic heterocycles. The minimum atomic E-state index is -2.52. The highest BCUT2D eigenvalue weighted by Crippen LogP contribution is 2.25. The summed E-state index contributed by atoms with van der Waals surface area (Å²) in [5.41, 5.74) is -0.398. The first kappa shape index (κ1) is 12.6. The molecule has 0 radical (unpaired) electrons. The molecule has 0 saturated heterocycles. The Balaban J connectivity index is 2.90. The Morgan fingerprint density at radius 2 is 2.06 bits per heavy atom. The summed E-state index contributed by atoms with van der Waals surface area (Å²) in [5.74, 6) is -0.935. The lowest BCUT2D eigenvalue weighted by molar-refractivity contribution is -0.146. The third-order valence-electron chi connectivity index (χ3n) is 2.43. The van der Waals surface area contributed by atoms with Crippen LogP contribution in [0.25, 0.3) is 0 Å². The van der Waals surface area contributed by atoms with Crippen molar-refractivity contribution >= 4 is 5.97 Å². The van der Waals surface area contributed by atoms with Gasteiger partial charge in [0.2, 0.25) is 0 Å². The highest BCUT2D eigenvalue weighted by atomic mass is 19.3. The molecule has 0 spiro atoms. The molecule has 0 amide bonds. The Labute approximate surface area is 92.9 Å². The average Bonchev–Trinajstić information content (AvgIpc) is 2.17. The van der Waals surface area contributed by atoms with E-state index in [-0.39, 0.29) is 12.0 Å². The van der Waals surface area contributed by atoms with Crippen molar-refractivity contribution in [1.29, 1.82) is 0 Å². The molecule has 1 N–H and O–H groups in total. The fourth-order valence-corrected chi connectivity index (χ4v) is 1.42. The van der Waals surface area contributed by atoms with Crippen LogP contribution in [0.5, 0.6) is 0 Å². The number of carboxylic acid groups (broad SMARTS) is 1. The van der Waals surface area contributed by atoms with E-state index in [0.717, 1.165) is 0 Å². The van der Waals surface area contributed by atoms with Gasteiger partial charge in [0.1, 0.15) is 0 Å². The fraction of sp³-hybridized carbons (Fsp3) is 0.417. The highest BCUT2D eigenvalue weighted by molar-refractivity contribution is 5.74. The van der Waals surface area contributed by atoms with Crippen LogP contribution in [0.1, 0.15) is 31.4 Å². The Morgan fingerprint density at radius 3 is 2.56 bits per heavy atom. The van der Waals surface area contributed by atoms with Crippen molar-refractivity contribution < 1.29 is 18.7 Å². The molecular weight excluding hydrogens is 214 g/mol. The molecule has 1 aromatic rings. The van der Waals surface area contributed by atoms with Crippen LogP contribution < -0.4 is 0 Å². The second kappa shape index (κ2) is 4.60. The van der Waals surface area contributed by atoms with Crippen molar-refractivity contribution in [3.8, 4) is 0 Å². The SMILES string of the molecule is CC(C)(Cc1cccc(C(F)F)c1)C(=O)O. The smallest absolute Gasteiger partial charge is 0.309 e. The van der Waals surface area contributed by atoms with Crippen molar-refractivity contribution in [3.63, 3.8) is 0 Å². The van der Waals surface area contributed by atoms with Gasteiger partial charge in [-0.15, -0.1) is 0 Å². The van der Waals surface area contributed by atoms with Gasteiger partial charge in [-0.1, -0.05) is 24.3 Å². The van der Waals surface area contributed by atoms with Gasteiger partial charge in [-0.3, -0.25) is 4.79 Å². The van der Waals surface area contributed by atoms with Crippen molar-refractivity contribution in [3.05, 3.63) is 35.4 Å². The highest BCUT2D eigenvalue weighted by Gasteiger charge is 2.27. The van der Waals surface area contributed by atoms with E-state index in [1.54, 1.807) is 19.9 Å². The Kier molecular flexibility index (Phi) is 3.62. The predicted molar refractivity (Wildman–Crippen MR) is 56.5 cm³/mol. The molecule has 1 aromatic carbocycles. The molecule has 0 atom stereocenters. The largest absolute Gasteiger partial charge is 0.481 e. The van der Waals surface area contributed by atoms with Gasteiger partial charge in [0, 0.05) is 5.56 Å². The summed E-state index contributed by atoms with van der Waals surface area (Å²) in [5, 5.41) is 8.93. The lowest BCUT2D eigenvalue weighted by Gasteiger charge is -2.19. The lowest BCUT2D eigenvalue weighted by Crippen LogP contribution is -2.26. The summed E-state index contributed by atoms with van der Waals surface area (Å²) in [6.07, 6.45) is -2.28. The number of carbonyl (C=O) groups is 1. The maximum atomic E-state index is 12.4. The number of halogens is 2.